The number of hydrogen-bond donors (Lipinski definition) is 3. The zero-order valence-corrected chi connectivity index (χ0v) is 12.2. The zero-order chi connectivity index (χ0) is 15.5. The summed E-state index contributed by atoms with van der Waals surface area (Å²) in [7, 11) is 0. The fraction of sp³-hybridized carbons (Fsp3) is 0. The van der Waals surface area contributed by atoms with Crippen LogP contribution in [0.4, 0.5) is 0 Å². The molecule has 0 spiro atoms. The fourth-order valence-corrected chi connectivity index (χ4v) is 2.12. The summed E-state index contributed by atoms with van der Waals surface area (Å²) in [5.41, 5.74) is 1.23. The highest BCUT2D eigenvalue weighted by Crippen LogP contribution is 2.27. The second-order valence-electron chi connectivity index (χ2n) is 4.49. The largest absolute Gasteiger partial charge is 0.504 e. The van der Waals surface area contributed by atoms with Gasteiger partial charge in [0.25, 0.3) is 0 Å². The molecule has 3 aromatic rings. The van der Waals surface area contributed by atoms with E-state index in [0.717, 1.165) is 5.56 Å². The Morgan fingerprint density at radius 3 is 2.64 bits per heavy atom. The third-order valence-corrected chi connectivity index (χ3v) is 3.30. The van der Waals surface area contributed by atoms with E-state index in [9.17, 15) is 10.2 Å². The maximum atomic E-state index is 9.78. The molecule has 3 rings (SSSR count). The highest BCUT2D eigenvalue weighted by atomic mass is 32.1. The molecule has 0 unspecified atom stereocenters. The van der Waals surface area contributed by atoms with Gasteiger partial charge in [0, 0.05) is 11.1 Å². The van der Waals surface area contributed by atoms with Gasteiger partial charge in [-0.05, 0) is 24.4 Å². The van der Waals surface area contributed by atoms with Crippen molar-refractivity contribution in [3.63, 3.8) is 0 Å². The molecular weight excluding hydrogens is 300 g/mol. The number of aromatic hydroxyl groups is 2. The number of nitrogens with zero attached hydrogens (tertiary/aromatic N) is 3. The number of nitrogens with one attached hydrogen (secondary N) is 1. The van der Waals surface area contributed by atoms with Crippen molar-refractivity contribution in [3.05, 3.63) is 58.9 Å². The minimum absolute atomic E-state index is 0.206. The van der Waals surface area contributed by atoms with Gasteiger partial charge in [-0.1, -0.05) is 36.4 Å². The van der Waals surface area contributed by atoms with E-state index in [1.165, 1.54) is 17.0 Å². The SMILES string of the molecule is Oc1cccc(C=Nn2c(-c3ccccc3)n[nH]c2=S)c1O. The molecule has 110 valence electrons. The van der Waals surface area contributed by atoms with Crippen molar-refractivity contribution < 1.29 is 10.2 Å². The average Bonchev–Trinajstić information content (AvgIpc) is 2.91. The summed E-state index contributed by atoms with van der Waals surface area (Å²) >= 11 is 5.17. The summed E-state index contributed by atoms with van der Waals surface area (Å²) in [6.45, 7) is 0. The molecule has 7 heteroatoms. The fourth-order valence-electron chi connectivity index (χ4n) is 1.95. The van der Waals surface area contributed by atoms with E-state index in [0.29, 0.717) is 16.2 Å². The number of hydrogen-bond acceptors (Lipinski definition) is 5. The van der Waals surface area contributed by atoms with Gasteiger partial charge in [0.05, 0.1) is 6.21 Å². The van der Waals surface area contributed by atoms with Gasteiger partial charge in [0.2, 0.25) is 4.77 Å². The van der Waals surface area contributed by atoms with Crippen LogP contribution in [-0.4, -0.2) is 31.3 Å². The predicted octanol–water partition coefficient (Wildman–Crippen LogP) is 2.90. The first-order chi connectivity index (χ1) is 10.7. The van der Waals surface area contributed by atoms with Crippen molar-refractivity contribution in [2.45, 2.75) is 0 Å². The summed E-state index contributed by atoms with van der Waals surface area (Å²) in [6.07, 6.45) is 1.41. The summed E-state index contributed by atoms with van der Waals surface area (Å²) in [4.78, 5) is 0. The van der Waals surface area contributed by atoms with E-state index in [1.54, 1.807) is 12.1 Å². The van der Waals surface area contributed by atoms with Crippen LogP contribution < -0.4 is 0 Å². The smallest absolute Gasteiger partial charge is 0.216 e. The molecule has 0 bridgehead atoms. The molecule has 0 atom stereocenters. The first kappa shape index (κ1) is 14.0. The Kier molecular flexibility index (Phi) is 3.71. The summed E-state index contributed by atoms with van der Waals surface area (Å²) in [5, 5.41) is 30.4. The molecule has 0 aliphatic rings. The number of aromatic amines is 1. The number of phenolic OH excluding ortho intramolecular Hbond substituents is 2. The number of H-pyrrole nitrogens is 1. The number of phenols is 2. The van der Waals surface area contributed by atoms with Crippen LogP contribution in [0.25, 0.3) is 11.4 Å². The molecular formula is C15H12N4O2S. The Morgan fingerprint density at radius 1 is 1.09 bits per heavy atom. The molecule has 0 saturated heterocycles. The van der Waals surface area contributed by atoms with Crippen LogP contribution >= 0.6 is 12.2 Å². The molecule has 0 saturated carbocycles. The van der Waals surface area contributed by atoms with E-state index in [1.807, 2.05) is 30.3 Å². The van der Waals surface area contributed by atoms with Crippen LogP contribution in [0.2, 0.25) is 0 Å². The van der Waals surface area contributed by atoms with Crippen molar-refractivity contribution in [1.82, 2.24) is 14.9 Å². The molecule has 22 heavy (non-hydrogen) atoms. The van der Waals surface area contributed by atoms with Gasteiger partial charge in [0.1, 0.15) is 0 Å². The number of aromatic nitrogens is 3. The van der Waals surface area contributed by atoms with Crippen LogP contribution in [0.1, 0.15) is 5.56 Å². The topological polar surface area (TPSA) is 86.4 Å². The molecule has 0 radical (unpaired) electrons. The average molecular weight is 312 g/mol. The summed E-state index contributed by atoms with van der Waals surface area (Å²) in [6, 6.07) is 14.1. The third kappa shape index (κ3) is 2.61. The van der Waals surface area contributed by atoms with Crippen molar-refractivity contribution >= 4 is 18.4 Å². The van der Waals surface area contributed by atoms with Crippen molar-refractivity contribution in [1.29, 1.82) is 0 Å². The second-order valence-corrected chi connectivity index (χ2v) is 4.88. The highest BCUT2D eigenvalue weighted by molar-refractivity contribution is 7.71. The molecule has 1 heterocycles. The van der Waals surface area contributed by atoms with Crippen LogP contribution in [0.5, 0.6) is 11.5 Å². The number of benzene rings is 2. The standard InChI is InChI=1S/C15H12N4O2S/c20-12-8-4-7-11(13(12)21)9-16-19-14(17-18-15(19)22)10-5-2-1-3-6-10/h1-9,20-21H,(H,18,22). The van der Waals surface area contributed by atoms with E-state index < -0.39 is 0 Å². The van der Waals surface area contributed by atoms with Crippen LogP contribution in [0.15, 0.2) is 53.6 Å². The Hall–Kier alpha value is -2.93. The van der Waals surface area contributed by atoms with Gasteiger partial charge >= 0.3 is 0 Å². The van der Waals surface area contributed by atoms with E-state index in [-0.39, 0.29) is 11.5 Å². The van der Waals surface area contributed by atoms with E-state index >= 15 is 0 Å². The molecule has 3 N–H and O–H groups in total. The van der Waals surface area contributed by atoms with Gasteiger partial charge in [-0.3, -0.25) is 0 Å². The number of para-hydroxylation sites is 1. The van der Waals surface area contributed by atoms with Gasteiger partial charge in [-0.2, -0.15) is 14.9 Å². The van der Waals surface area contributed by atoms with E-state index in [4.69, 9.17) is 12.2 Å². The zero-order valence-electron chi connectivity index (χ0n) is 11.3. The Bertz CT molecular complexity index is 884. The number of rotatable bonds is 3. The lowest BCUT2D eigenvalue weighted by atomic mass is 10.2. The molecule has 0 aliphatic carbocycles. The monoisotopic (exact) mass is 312 g/mol. The lowest BCUT2D eigenvalue weighted by Gasteiger charge is -2.02. The second kappa shape index (κ2) is 5.82. The van der Waals surface area contributed by atoms with Gasteiger partial charge < -0.3 is 10.2 Å². The Balaban J connectivity index is 2.03. The molecule has 1 aromatic heterocycles. The summed E-state index contributed by atoms with van der Waals surface area (Å²) in [5.74, 6) is 0.118. The molecule has 6 nitrogen and oxygen atoms in total. The van der Waals surface area contributed by atoms with Gasteiger partial charge in [-0.25, -0.2) is 5.10 Å². The quantitative estimate of drug-likeness (QED) is 0.394. The Morgan fingerprint density at radius 2 is 1.86 bits per heavy atom. The van der Waals surface area contributed by atoms with Gasteiger partial charge in [0.15, 0.2) is 17.3 Å². The molecule has 2 aromatic carbocycles. The minimum Gasteiger partial charge on any atom is -0.504 e. The normalized spacial score (nSPS) is 11.1. The van der Waals surface area contributed by atoms with Crippen molar-refractivity contribution in [2.24, 2.45) is 5.10 Å². The van der Waals surface area contributed by atoms with E-state index in [2.05, 4.69) is 15.3 Å². The lowest BCUT2D eigenvalue weighted by molar-refractivity contribution is 0.403. The molecule has 0 aliphatic heterocycles. The van der Waals surface area contributed by atoms with Crippen LogP contribution in [-0.2, 0) is 0 Å². The van der Waals surface area contributed by atoms with Crippen LogP contribution in [0, 0.1) is 4.77 Å². The minimum atomic E-state index is -0.234. The first-order valence-corrected chi connectivity index (χ1v) is 6.86. The van der Waals surface area contributed by atoms with Crippen molar-refractivity contribution in [2.75, 3.05) is 0 Å². The van der Waals surface area contributed by atoms with Crippen LogP contribution in [0.3, 0.4) is 0 Å². The summed E-state index contributed by atoms with van der Waals surface area (Å²) < 4.78 is 1.78. The molecule has 0 amide bonds. The third-order valence-electron chi connectivity index (χ3n) is 3.04. The van der Waals surface area contributed by atoms with Gasteiger partial charge in [-0.15, -0.1) is 0 Å². The highest BCUT2D eigenvalue weighted by Gasteiger charge is 2.08. The maximum Gasteiger partial charge on any atom is 0.216 e. The molecule has 0 fully saturated rings. The maximum absolute atomic E-state index is 9.78. The predicted molar refractivity (Wildman–Crippen MR) is 85.6 cm³/mol. The van der Waals surface area contributed by atoms with Crippen molar-refractivity contribution in [3.8, 4) is 22.9 Å². The Labute approximate surface area is 131 Å². The lowest BCUT2D eigenvalue weighted by Crippen LogP contribution is -1.95. The first-order valence-electron chi connectivity index (χ1n) is 6.45.